The molecule has 2 fully saturated rings. The zero-order valence-corrected chi connectivity index (χ0v) is 14.3. The number of furan rings is 1. The summed E-state index contributed by atoms with van der Waals surface area (Å²) in [5, 5.41) is 0. The molecule has 0 amide bonds. The third-order valence-corrected chi connectivity index (χ3v) is 7.01. The molecule has 1 saturated heterocycles. The number of carbonyl (C=O) groups is 2. The maximum Gasteiger partial charge on any atom is 0.312 e. The lowest BCUT2D eigenvalue weighted by Gasteiger charge is -2.61. The van der Waals surface area contributed by atoms with Crippen molar-refractivity contribution in [3.05, 3.63) is 35.8 Å². The number of rotatable bonds is 3. The molecule has 1 aromatic rings. The van der Waals surface area contributed by atoms with Gasteiger partial charge in [0.05, 0.1) is 17.9 Å². The molecule has 0 unspecified atom stereocenters. The average molecular weight is 328 g/mol. The Kier molecular flexibility index (Phi) is 3.48. The standard InChI is InChI=1S/C20H24O4/c1-13-3-6-19-12-24-18(22)20(13,7-4-15-5-8-23-11-15)17(19)10-16(21)9-14(19)2/h5,8-9,11,13,17H,3-4,6-7,10,12H2,1-2H3/t13-,17+,19-,20+/m1/s1. The van der Waals surface area contributed by atoms with Crippen molar-refractivity contribution in [1.82, 2.24) is 0 Å². The van der Waals surface area contributed by atoms with E-state index >= 15 is 0 Å². The number of hydrogen-bond donors (Lipinski definition) is 0. The monoisotopic (exact) mass is 328 g/mol. The minimum Gasteiger partial charge on any atom is -0.472 e. The third-order valence-electron chi connectivity index (χ3n) is 7.01. The van der Waals surface area contributed by atoms with Gasteiger partial charge in [-0.1, -0.05) is 12.5 Å². The summed E-state index contributed by atoms with van der Waals surface area (Å²) in [5.74, 6) is 0.361. The topological polar surface area (TPSA) is 56.5 Å². The largest absolute Gasteiger partial charge is 0.472 e. The first-order valence-electron chi connectivity index (χ1n) is 8.89. The van der Waals surface area contributed by atoms with E-state index < -0.39 is 5.41 Å². The van der Waals surface area contributed by atoms with Crippen LogP contribution in [-0.2, 0) is 20.7 Å². The molecule has 4 nitrogen and oxygen atoms in total. The predicted molar refractivity (Wildman–Crippen MR) is 88.1 cm³/mol. The van der Waals surface area contributed by atoms with Crippen LogP contribution in [0.2, 0.25) is 0 Å². The fraction of sp³-hybridized carbons (Fsp3) is 0.600. The maximum atomic E-state index is 13.0. The lowest BCUT2D eigenvalue weighted by atomic mass is 9.44. The van der Waals surface area contributed by atoms with Crippen LogP contribution in [0.3, 0.4) is 0 Å². The van der Waals surface area contributed by atoms with Gasteiger partial charge in [-0.15, -0.1) is 0 Å². The fourth-order valence-corrected chi connectivity index (χ4v) is 5.50. The SMILES string of the molecule is CC1=CC(=O)C[C@H]2[C@@]13CC[C@@H](C)[C@]2(CCc1ccoc1)C(=O)OC3. The summed E-state index contributed by atoms with van der Waals surface area (Å²) >= 11 is 0. The van der Waals surface area contributed by atoms with E-state index in [4.69, 9.17) is 9.15 Å². The van der Waals surface area contributed by atoms with Crippen LogP contribution in [0.4, 0.5) is 0 Å². The smallest absolute Gasteiger partial charge is 0.312 e. The normalized spacial score (nSPS) is 38.3. The second-order valence-corrected chi connectivity index (χ2v) is 7.89. The van der Waals surface area contributed by atoms with Crippen LogP contribution in [0, 0.1) is 22.7 Å². The zero-order valence-electron chi connectivity index (χ0n) is 14.3. The Balaban J connectivity index is 1.77. The molecule has 24 heavy (non-hydrogen) atoms. The van der Waals surface area contributed by atoms with Gasteiger partial charge in [-0.2, -0.15) is 0 Å². The summed E-state index contributed by atoms with van der Waals surface area (Å²) in [6.07, 6.45) is 9.18. The van der Waals surface area contributed by atoms with Gasteiger partial charge < -0.3 is 9.15 Å². The molecule has 0 aromatic carbocycles. The number of aryl methyl sites for hydroxylation is 1. The van der Waals surface area contributed by atoms with Crippen LogP contribution in [0.25, 0.3) is 0 Å². The molecule has 1 aromatic heterocycles. The van der Waals surface area contributed by atoms with Crippen LogP contribution >= 0.6 is 0 Å². The van der Waals surface area contributed by atoms with E-state index in [1.165, 1.54) is 0 Å². The summed E-state index contributed by atoms with van der Waals surface area (Å²) in [5.41, 5.74) is 1.51. The third kappa shape index (κ3) is 1.98. The van der Waals surface area contributed by atoms with Crippen LogP contribution in [0.1, 0.15) is 45.1 Å². The Morgan fingerprint density at radius 2 is 2.17 bits per heavy atom. The molecule has 1 aliphatic heterocycles. The molecule has 0 radical (unpaired) electrons. The molecular formula is C20H24O4. The van der Waals surface area contributed by atoms with Crippen molar-refractivity contribution in [3.8, 4) is 0 Å². The lowest BCUT2D eigenvalue weighted by molar-refractivity contribution is -0.204. The molecule has 2 bridgehead atoms. The highest BCUT2D eigenvalue weighted by atomic mass is 16.5. The number of esters is 1. The molecule has 4 rings (SSSR count). The quantitative estimate of drug-likeness (QED) is 0.794. The minimum absolute atomic E-state index is 0.0689. The second kappa shape index (κ2) is 5.33. The summed E-state index contributed by atoms with van der Waals surface area (Å²) in [7, 11) is 0. The first kappa shape index (κ1) is 15.7. The molecule has 0 spiro atoms. The maximum absolute atomic E-state index is 13.0. The Hall–Kier alpha value is -1.84. The zero-order chi connectivity index (χ0) is 16.9. The van der Waals surface area contributed by atoms with Gasteiger partial charge in [-0.05, 0) is 62.1 Å². The van der Waals surface area contributed by atoms with E-state index in [1.54, 1.807) is 18.6 Å². The number of ketones is 1. The van der Waals surface area contributed by atoms with Gasteiger partial charge in [0.25, 0.3) is 0 Å². The van der Waals surface area contributed by atoms with Crippen molar-refractivity contribution in [2.45, 2.75) is 46.0 Å². The summed E-state index contributed by atoms with van der Waals surface area (Å²) in [6.45, 7) is 4.64. The van der Waals surface area contributed by atoms with Gasteiger partial charge in [-0.25, -0.2) is 0 Å². The van der Waals surface area contributed by atoms with Crippen LogP contribution in [-0.4, -0.2) is 18.4 Å². The summed E-state index contributed by atoms with van der Waals surface area (Å²) in [4.78, 5) is 25.3. The highest BCUT2D eigenvalue weighted by Gasteiger charge is 2.65. The van der Waals surface area contributed by atoms with Crippen molar-refractivity contribution in [2.24, 2.45) is 22.7 Å². The molecule has 128 valence electrons. The van der Waals surface area contributed by atoms with Crippen LogP contribution in [0.5, 0.6) is 0 Å². The Labute approximate surface area is 142 Å². The molecule has 4 atom stereocenters. The number of cyclic esters (lactones) is 1. The number of ether oxygens (including phenoxy) is 1. The van der Waals surface area contributed by atoms with Gasteiger partial charge >= 0.3 is 5.97 Å². The van der Waals surface area contributed by atoms with Crippen molar-refractivity contribution in [1.29, 1.82) is 0 Å². The molecule has 2 aliphatic carbocycles. The number of hydrogen-bond acceptors (Lipinski definition) is 4. The van der Waals surface area contributed by atoms with E-state index in [1.807, 2.05) is 13.0 Å². The highest BCUT2D eigenvalue weighted by molar-refractivity contribution is 5.93. The second-order valence-electron chi connectivity index (χ2n) is 7.89. The lowest BCUT2D eigenvalue weighted by Crippen LogP contribution is -2.63. The Bertz CT molecular complexity index is 701. The number of carbonyl (C=O) groups excluding carboxylic acids is 2. The van der Waals surface area contributed by atoms with Crippen LogP contribution < -0.4 is 0 Å². The molecule has 2 heterocycles. The molecule has 3 aliphatic rings. The van der Waals surface area contributed by atoms with Crippen molar-refractivity contribution >= 4 is 11.8 Å². The predicted octanol–water partition coefficient (Wildman–Crippen LogP) is 3.71. The summed E-state index contributed by atoms with van der Waals surface area (Å²) < 4.78 is 10.9. The molecular weight excluding hydrogens is 304 g/mol. The van der Waals surface area contributed by atoms with E-state index in [0.717, 1.165) is 36.8 Å². The Morgan fingerprint density at radius 1 is 1.33 bits per heavy atom. The van der Waals surface area contributed by atoms with E-state index in [9.17, 15) is 9.59 Å². The highest BCUT2D eigenvalue weighted by Crippen LogP contribution is 2.64. The van der Waals surface area contributed by atoms with E-state index in [-0.39, 0.29) is 29.0 Å². The van der Waals surface area contributed by atoms with Gasteiger partial charge in [0, 0.05) is 11.8 Å². The van der Waals surface area contributed by atoms with Gasteiger partial charge in [-0.3, -0.25) is 9.59 Å². The summed E-state index contributed by atoms with van der Waals surface area (Å²) in [6, 6.07) is 1.95. The fourth-order valence-electron chi connectivity index (χ4n) is 5.50. The average Bonchev–Trinajstić information content (AvgIpc) is 3.06. The van der Waals surface area contributed by atoms with Crippen molar-refractivity contribution < 1.29 is 18.7 Å². The first-order chi connectivity index (χ1) is 11.5. The molecule has 1 saturated carbocycles. The van der Waals surface area contributed by atoms with Crippen LogP contribution in [0.15, 0.2) is 34.7 Å². The molecule has 4 heteroatoms. The van der Waals surface area contributed by atoms with Gasteiger partial charge in [0.1, 0.15) is 6.61 Å². The Morgan fingerprint density at radius 3 is 2.92 bits per heavy atom. The van der Waals surface area contributed by atoms with E-state index in [0.29, 0.717) is 13.0 Å². The number of allylic oxidation sites excluding steroid dienone is 1. The van der Waals surface area contributed by atoms with Gasteiger partial charge in [0.2, 0.25) is 0 Å². The van der Waals surface area contributed by atoms with Gasteiger partial charge in [0.15, 0.2) is 5.78 Å². The van der Waals surface area contributed by atoms with Crippen molar-refractivity contribution in [2.75, 3.05) is 6.61 Å². The van der Waals surface area contributed by atoms with E-state index in [2.05, 4.69) is 6.92 Å². The molecule has 0 N–H and O–H groups in total. The first-order valence-corrected chi connectivity index (χ1v) is 8.89. The minimum atomic E-state index is -0.557. The van der Waals surface area contributed by atoms with Crippen molar-refractivity contribution in [3.63, 3.8) is 0 Å².